The molecule has 4 aliphatic rings. The fraction of sp³-hybridized carbons (Fsp3) is 1.00. The van der Waals surface area contributed by atoms with Gasteiger partial charge in [0.05, 0.1) is 0 Å². The van der Waals surface area contributed by atoms with Crippen LogP contribution in [-0.2, 0) is 0 Å². The summed E-state index contributed by atoms with van der Waals surface area (Å²) in [5, 5.41) is 3.45. The lowest BCUT2D eigenvalue weighted by Crippen LogP contribution is -2.65. The van der Waals surface area contributed by atoms with Crippen molar-refractivity contribution in [2.24, 2.45) is 0 Å². The highest BCUT2D eigenvalue weighted by Crippen LogP contribution is 2.36. The van der Waals surface area contributed by atoms with Crippen molar-refractivity contribution in [3.8, 4) is 0 Å². The maximum Gasteiger partial charge on any atom is 0.0351 e. The van der Waals surface area contributed by atoms with Gasteiger partial charge in [-0.25, -0.2) is 0 Å². The van der Waals surface area contributed by atoms with Gasteiger partial charge in [-0.1, -0.05) is 0 Å². The van der Waals surface area contributed by atoms with Crippen molar-refractivity contribution in [3.05, 3.63) is 0 Å². The summed E-state index contributed by atoms with van der Waals surface area (Å²) in [6.45, 7) is 11.3. The molecule has 3 heterocycles. The topological polar surface area (TPSA) is 21.8 Å². The highest BCUT2D eigenvalue weighted by Gasteiger charge is 2.44. The molecular formula is C15H28N4. The van der Waals surface area contributed by atoms with Crippen molar-refractivity contribution in [2.45, 2.75) is 50.4 Å². The summed E-state index contributed by atoms with van der Waals surface area (Å²) in [5.41, 5.74) is 0. The summed E-state index contributed by atoms with van der Waals surface area (Å²) in [7, 11) is 0. The van der Waals surface area contributed by atoms with E-state index in [-0.39, 0.29) is 0 Å². The summed E-state index contributed by atoms with van der Waals surface area (Å²) in [6, 6.07) is 3.49. The predicted molar refractivity (Wildman–Crippen MR) is 77.4 cm³/mol. The van der Waals surface area contributed by atoms with Gasteiger partial charge in [-0.15, -0.1) is 0 Å². The third kappa shape index (κ3) is 2.44. The Labute approximate surface area is 117 Å². The number of hydrogen-bond acceptors (Lipinski definition) is 4. The highest BCUT2D eigenvalue weighted by molar-refractivity contribution is 5.01. The zero-order chi connectivity index (χ0) is 12.8. The average molecular weight is 264 g/mol. The van der Waals surface area contributed by atoms with Gasteiger partial charge in [0.25, 0.3) is 0 Å². The average Bonchev–Trinajstić information content (AvgIpc) is 3.14. The van der Waals surface area contributed by atoms with Gasteiger partial charge in [-0.05, 0) is 26.2 Å². The molecule has 4 heteroatoms. The number of hydrogen-bond donors (Lipinski definition) is 1. The van der Waals surface area contributed by atoms with Gasteiger partial charge in [0.1, 0.15) is 0 Å². The Bertz CT molecular complexity index is 318. The van der Waals surface area contributed by atoms with E-state index in [0.717, 1.165) is 24.2 Å². The molecule has 0 radical (unpaired) electrons. The van der Waals surface area contributed by atoms with Crippen LogP contribution in [0.2, 0.25) is 0 Å². The lowest BCUT2D eigenvalue weighted by Gasteiger charge is -2.49. The number of nitrogens with one attached hydrogen (secondary N) is 1. The van der Waals surface area contributed by atoms with Crippen LogP contribution in [0, 0.1) is 0 Å². The van der Waals surface area contributed by atoms with Crippen molar-refractivity contribution in [2.75, 3.05) is 45.8 Å². The van der Waals surface area contributed by atoms with Crippen LogP contribution in [0.25, 0.3) is 0 Å². The molecule has 0 bridgehead atoms. The molecule has 3 aliphatic heterocycles. The summed E-state index contributed by atoms with van der Waals surface area (Å²) in [4.78, 5) is 8.23. The first kappa shape index (κ1) is 12.6. The minimum atomic E-state index is 0.829. The molecule has 0 aromatic rings. The number of nitrogens with zero attached hydrogens (tertiary/aromatic N) is 3. The Morgan fingerprint density at radius 1 is 0.842 bits per heavy atom. The summed E-state index contributed by atoms with van der Waals surface area (Å²) < 4.78 is 0. The minimum absolute atomic E-state index is 0.829. The molecule has 0 spiro atoms. The van der Waals surface area contributed by atoms with E-state index in [0.29, 0.717) is 0 Å². The van der Waals surface area contributed by atoms with Crippen LogP contribution in [0.15, 0.2) is 0 Å². The van der Waals surface area contributed by atoms with E-state index in [4.69, 9.17) is 0 Å². The molecule has 4 rings (SSSR count). The molecule has 4 nitrogen and oxygen atoms in total. The predicted octanol–water partition coefficient (Wildman–Crippen LogP) is 0.201. The normalized spacial score (nSPS) is 39.6. The second kappa shape index (κ2) is 4.99. The molecule has 2 atom stereocenters. The Morgan fingerprint density at radius 2 is 1.58 bits per heavy atom. The quantitative estimate of drug-likeness (QED) is 0.786. The van der Waals surface area contributed by atoms with E-state index in [1.54, 1.807) is 0 Å². The molecule has 19 heavy (non-hydrogen) atoms. The zero-order valence-corrected chi connectivity index (χ0v) is 12.2. The first-order valence-corrected chi connectivity index (χ1v) is 8.26. The summed E-state index contributed by atoms with van der Waals surface area (Å²) in [5.74, 6) is 0. The van der Waals surface area contributed by atoms with Crippen LogP contribution >= 0.6 is 0 Å². The molecule has 3 saturated heterocycles. The lowest BCUT2D eigenvalue weighted by molar-refractivity contribution is 0.00185. The van der Waals surface area contributed by atoms with Gasteiger partial charge in [-0.3, -0.25) is 14.7 Å². The third-order valence-electron chi connectivity index (χ3n) is 5.69. The SMILES string of the molecule is CC1CC(N2CC(N3CCNCC3)C2)CN1C1CC1. The minimum Gasteiger partial charge on any atom is -0.314 e. The molecule has 1 aliphatic carbocycles. The van der Waals surface area contributed by atoms with Gasteiger partial charge >= 0.3 is 0 Å². The van der Waals surface area contributed by atoms with Crippen molar-refractivity contribution < 1.29 is 0 Å². The van der Waals surface area contributed by atoms with Gasteiger partial charge < -0.3 is 5.32 Å². The molecular weight excluding hydrogens is 236 g/mol. The molecule has 0 amide bonds. The second-order valence-electron chi connectivity index (χ2n) is 7.06. The van der Waals surface area contributed by atoms with E-state index in [1.165, 1.54) is 65.1 Å². The molecule has 1 N–H and O–H groups in total. The highest BCUT2D eigenvalue weighted by atomic mass is 15.4. The fourth-order valence-corrected chi connectivity index (χ4v) is 4.27. The second-order valence-corrected chi connectivity index (χ2v) is 7.06. The number of piperazine rings is 1. The molecule has 4 fully saturated rings. The van der Waals surface area contributed by atoms with Crippen molar-refractivity contribution in [3.63, 3.8) is 0 Å². The van der Waals surface area contributed by atoms with Crippen LogP contribution in [0.3, 0.4) is 0 Å². The van der Waals surface area contributed by atoms with E-state index >= 15 is 0 Å². The van der Waals surface area contributed by atoms with E-state index in [2.05, 4.69) is 26.9 Å². The van der Waals surface area contributed by atoms with Crippen molar-refractivity contribution in [1.82, 2.24) is 20.0 Å². The Kier molecular flexibility index (Phi) is 3.30. The van der Waals surface area contributed by atoms with E-state index in [9.17, 15) is 0 Å². The zero-order valence-electron chi connectivity index (χ0n) is 12.2. The maximum atomic E-state index is 3.45. The molecule has 1 saturated carbocycles. The fourth-order valence-electron chi connectivity index (χ4n) is 4.27. The van der Waals surface area contributed by atoms with Crippen molar-refractivity contribution in [1.29, 1.82) is 0 Å². The first-order valence-electron chi connectivity index (χ1n) is 8.26. The van der Waals surface area contributed by atoms with Crippen LogP contribution in [0.1, 0.15) is 26.2 Å². The van der Waals surface area contributed by atoms with Gasteiger partial charge in [-0.2, -0.15) is 0 Å². The van der Waals surface area contributed by atoms with Crippen LogP contribution in [-0.4, -0.2) is 84.7 Å². The van der Waals surface area contributed by atoms with Crippen molar-refractivity contribution >= 4 is 0 Å². The third-order valence-corrected chi connectivity index (χ3v) is 5.69. The van der Waals surface area contributed by atoms with Crippen LogP contribution in [0.5, 0.6) is 0 Å². The molecule has 2 unspecified atom stereocenters. The summed E-state index contributed by atoms with van der Waals surface area (Å²) in [6.07, 6.45) is 4.33. The number of likely N-dealkylation sites (tertiary alicyclic amines) is 2. The monoisotopic (exact) mass is 264 g/mol. The Balaban J connectivity index is 1.27. The molecule has 108 valence electrons. The van der Waals surface area contributed by atoms with Crippen LogP contribution < -0.4 is 5.32 Å². The van der Waals surface area contributed by atoms with Gasteiger partial charge in [0.15, 0.2) is 0 Å². The van der Waals surface area contributed by atoms with Crippen LogP contribution in [0.4, 0.5) is 0 Å². The molecule has 0 aromatic heterocycles. The maximum absolute atomic E-state index is 3.45. The van der Waals surface area contributed by atoms with E-state index < -0.39 is 0 Å². The Hall–Kier alpha value is -0.160. The first-order chi connectivity index (χ1) is 9.31. The Morgan fingerprint density at radius 3 is 2.26 bits per heavy atom. The lowest BCUT2D eigenvalue weighted by atomic mass is 10.0. The molecule has 0 aromatic carbocycles. The van der Waals surface area contributed by atoms with E-state index in [1.807, 2.05) is 0 Å². The summed E-state index contributed by atoms with van der Waals surface area (Å²) >= 11 is 0. The number of rotatable bonds is 3. The standard InChI is InChI=1S/C15H28N4/c1-12-8-14(11-19(12)13-2-3-13)18-9-15(10-18)17-6-4-16-5-7-17/h12-16H,2-11H2,1H3. The van der Waals surface area contributed by atoms with Gasteiger partial charge in [0, 0.05) is 70.0 Å². The van der Waals surface area contributed by atoms with Gasteiger partial charge in [0.2, 0.25) is 0 Å². The smallest absolute Gasteiger partial charge is 0.0351 e. The largest absolute Gasteiger partial charge is 0.314 e.